The molecule has 0 atom stereocenters. The second-order valence-electron chi connectivity index (χ2n) is 8.37. The van der Waals surface area contributed by atoms with Crippen LogP contribution in [0.25, 0.3) is 22.2 Å². The van der Waals surface area contributed by atoms with Gasteiger partial charge >= 0.3 is 5.97 Å². The minimum absolute atomic E-state index is 0.0159. The van der Waals surface area contributed by atoms with Crippen LogP contribution >= 0.6 is 23.1 Å². The zero-order chi connectivity index (χ0) is 27.3. The number of amides is 1. The number of fused-ring (bicyclic) bond motifs is 1. The Bertz CT molecular complexity index is 1560. The predicted octanol–water partition coefficient (Wildman–Crippen LogP) is 5.12. The van der Waals surface area contributed by atoms with Crippen LogP contribution < -0.4 is 10.5 Å². The number of hydrogen-bond acceptors (Lipinski definition) is 8. The fourth-order valence-corrected chi connectivity index (χ4v) is 6.23. The molecule has 0 aliphatic carbocycles. The number of imidazole rings is 1. The van der Waals surface area contributed by atoms with Crippen LogP contribution in [0.2, 0.25) is 0 Å². The lowest BCUT2D eigenvalue weighted by Crippen LogP contribution is -2.17. The van der Waals surface area contributed by atoms with Crippen molar-refractivity contribution in [3.05, 3.63) is 59.5 Å². The number of thiophene rings is 1. The van der Waals surface area contributed by atoms with E-state index in [9.17, 15) is 18.0 Å². The van der Waals surface area contributed by atoms with Crippen molar-refractivity contribution in [3.8, 4) is 11.1 Å². The third-order valence-electron chi connectivity index (χ3n) is 5.69. The van der Waals surface area contributed by atoms with Gasteiger partial charge in [-0.2, -0.15) is 0 Å². The zero-order valence-electron chi connectivity index (χ0n) is 21.0. The summed E-state index contributed by atoms with van der Waals surface area (Å²) in [5.74, 6) is -0.762. The Labute approximate surface area is 229 Å². The van der Waals surface area contributed by atoms with Crippen molar-refractivity contribution in [3.63, 3.8) is 0 Å². The molecule has 0 fully saturated rings. The van der Waals surface area contributed by atoms with Gasteiger partial charge in [0.15, 0.2) is 5.16 Å². The van der Waals surface area contributed by atoms with E-state index in [0.29, 0.717) is 33.3 Å². The molecule has 0 unspecified atom stereocenters. The number of carbonyl (C=O) groups is 2. The molecule has 38 heavy (non-hydrogen) atoms. The van der Waals surface area contributed by atoms with Crippen LogP contribution in [0.1, 0.15) is 37.0 Å². The summed E-state index contributed by atoms with van der Waals surface area (Å²) in [7, 11) is -3.87. The monoisotopic (exact) mass is 572 g/mol. The first-order valence-corrected chi connectivity index (χ1v) is 15.4. The van der Waals surface area contributed by atoms with E-state index < -0.39 is 16.0 Å². The average molecular weight is 573 g/mol. The van der Waals surface area contributed by atoms with Gasteiger partial charge in [-0.15, -0.1) is 11.3 Å². The Morgan fingerprint density at radius 2 is 1.92 bits per heavy atom. The highest BCUT2D eigenvalue weighted by atomic mass is 32.2. The number of anilines is 1. The number of unbranched alkanes of at least 4 members (excludes halogenated alkanes) is 1. The topological polar surface area (TPSA) is 133 Å². The number of benzene rings is 2. The third-order valence-corrected chi connectivity index (χ3v) is 8.47. The lowest BCUT2D eigenvalue weighted by Gasteiger charge is -2.10. The number of ether oxygens (including phenoxy) is 1. The molecule has 2 aromatic heterocycles. The van der Waals surface area contributed by atoms with Gasteiger partial charge in [-0.25, -0.2) is 23.3 Å². The molecule has 9 nitrogen and oxygen atoms in total. The number of carbonyl (C=O) groups excluding carboxylic acids is 2. The highest BCUT2D eigenvalue weighted by Crippen LogP contribution is 2.36. The van der Waals surface area contributed by atoms with Crippen molar-refractivity contribution in [2.75, 3.05) is 17.7 Å². The second kappa shape index (κ2) is 12.1. The summed E-state index contributed by atoms with van der Waals surface area (Å²) in [5, 5.41) is 11.0. The van der Waals surface area contributed by atoms with E-state index in [4.69, 9.17) is 9.88 Å². The van der Waals surface area contributed by atoms with Crippen molar-refractivity contribution in [1.82, 2.24) is 9.55 Å². The Hall–Kier alpha value is -3.19. The van der Waals surface area contributed by atoms with Gasteiger partial charge in [0.05, 0.1) is 28.3 Å². The fourth-order valence-electron chi connectivity index (χ4n) is 3.89. The Kier molecular flexibility index (Phi) is 8.87. The first-order valence-electron chi connectivity index (χ1n) is 12.0. The largest absolute Gasteiger partial charge is 0.462 e. The van der Waals surface area contributed by atoms with Gasteiger partial charge in [0, 0.05) is 17.5 Å². The molecule has 4 aromatic rings. The van der Waals surface area contributed by atoms with Gasteiger partial charge in [-0.1, -0.05) is 55.4 Å². The number of sulfonamides is 1. The molecule has 0 radical (unpaired) electrons. The maximum atomic E-state index is 13.0. The number of aromatic nitrogens is 2. The number of rotatable bonds is 11. The molecule has 2 aromatic carbocycles. The van der Waals surface area contributed by atoms with Gasteiger partial charge in [0.2, 0.25) is 15.9 Å². The summed E-state index contributed by atoms with van der Waals surface area (Å²) in [6, 6.07) is 14.0. The van der Waals surface area contributed by atoms with Gasteiger partial charge in [-0.3, -0.25) is 4.79 Å². The number of esters is 1. The zero-order valence-corrected chi connectivity index (χ0v) is 23.4. The van der Waals surface area contributed by atoms with Crippen molar-refractivity contribution in [2.45, 2.75) is 43.3 Å². The molecule has 0 saturated carbocycles. The van der Waals surface area contributed by atoms with E-state index in [2.05, 4.69) is 17.2 Å². The molecule has 1 amide bonds. The summed E-state index contributed by atoms with van der Waals surface area (Å²) in [6.07, 6.45) is 1.85. The van der Waals surface area contributed by atoms with E-state index in [0.717, 1.165) is 23.9 Å². The van der Waals surface area contributed by atoms with Crippen LogP contribution in [0.15, 0.2) is 64.0 Å². The van der Waals surface area contributed by atoms with Gasteiger partial charge < -0.3 is 14.6 Å². The maximum absolute atomic E-state index is 13.0. The maximum Gasteiger partial charge on any atom is 0.341 e. The molecule has 200 valence electrons. The molecular formula is C26H28N4O5S3. The first-order chi connectivity index (χ1) is 18.2. The fraction of sp³-hybridized carbons (Fsp3) is 0.269. The van der Waals surface area contributed by atoms with Crippen molar-refractivity contribution in [1.29, 1.82) is 0 Å². The third kappa shape index (κ3) is 6.26. The normalized spacial score (nSPS) is 11.6. The number of thioether (sulfide) groups is 1. The number of nitrogens with one attached hydrogen (secondary N) is 1. The van der Waals surface area contributed by atoms with Crippen LogP contribution in [0.3, 0.4) is 0 Å². The Morgan fingerprint density at radius 3 is 2.61 bits per heavy atom. The quantitative estimate of drug-likeness (QED) is 0.188. The van der Waals surface area contributed by atoms with Gasteiger partial charge in [0.25, 0.3) is 0 Å². The number of nitrogens with two attached hydrogens (primary N) is 1. The molecule has 0 aliphatic rings. The van der Waals surface area contributed by atoms with E-state index >= 15 is 0 Å². The summed E-state index contributed by atoms with van der Waals surface area (Å²) >= 11 is 2.50. The van der Waals surface area contributed by atoms with E-state index in [-0.39, 0.29) is 23.2 Å². The van der Waals surface area contributed by atoms with Crippen LogP contribution in [-0.2, 0) is 26.1 Å². The van der Waals surface area contributed by atoms with Crippen molar-refractivity contribution >= 4 is 61.0 Å². The number of aryl methyl sites for hydroxylation is 1. The van der Waals surface area contributed by atoms with E-state index in [1.807, 2.05) is 40.3 Å². The van der Waals surface area contributed by atoms with Gasteiger partial charge in [0.1, 0.15) is 10.6 Å². The lowest BCUT2D eigenvalue weighted by molar-refractivity contribution is -0.113. The van der Waals surface area contributed by atoms with Crippen molar-refractivity contribution in [2.24, 2.45) is 5.14 Å². The predicted molar refractivity (Wildman–Crippen MR) is 151 cm³/mol. The highest BCUT2D eigenvalue weighted by Gasteiger charge is 2.23. The molecule has 12 heteroatoms. The van der Waals surface area contributed by atoms with Crippen LogP contribution in [0.5, 0.6) is 0 Å². The lowest BCUT2D eigenvalue weighted by atomic mass is 10.0. The number of primary sulfonamides is 1. The molecule has 0 aliphatic heterocycles. The summed E-state index contributed by atoms with van der Waals surface area (Å²) in [5.41, 5.74) is 3.14. The minimum atomic E-state index is -3.87. The summed E-state index contributed by atoms with van der Waals surface area (Å²) in [4.78, 5) is 30.3. The molecule has 0 saturated heterocycles. The molecule has 0 bridgehead atoms. The standard InChI is InChI=1S/C26H28N4O5S3/c1-3-5-13-30-21-12-11-18(38(27,33)34)14-20(21)28-26(30)37-16-22(31)29-24-23(25(32)35-4-2)19(15-36-24)17-9-7-6-8-10-17/h6-12,14-15H,3-5,13,16H2,1-2H3,(H,29,31)(H2,27,33,34). The smallest absolute Gasteiger partial charge is 0.341 e. The van der Waals surface area contributed by atoms with E-state index in [1.54, 1.807) is 13.0 Å². The molecular weight excluding hydrogens is 545 g/mol. The minimum Gasteiger partial charge on any atom is -0.462 e. The summed E-state index contributed by atoms with van der Waals surface area (Å²) in [6.45, 7) is 4.69. The molecule has 2 heterocycles. The first kappa shape index (κ1) is 27.8. The molecule has 4 rings (SSSR count). The number of nitrogens with zero attached hydrogens (tertiary/aromatic N) is 2. The van der Waals surface area contributed by atoms with Gasteiger partial charge in [-0.05, 0) is 37.1 Å². The SMILES string of the molecule is CCCCn1c(SCC(=O)Nc2scc(-c3ccccc3)c2C(=O)OCC)nc2cc(S(N)(=O)=O)ccc21. The highest BCUT2D eigenvalue weighted by molar-refractivity contribution is 7.99. The average Bonchev–Trinajstić information content (AvgIpc) is 3.47. The van der Waals surface area contributed by atoms with E-state index in [1.165, 1.54) is 35.2 Å². The molecule has 3 N–H and O–H groups in total. The van der Waals surface area contributed by atoms with Crippen molar-refractivity contribution < 1.29 is 22.7 Å². The van der Waals surface area contributed by atoms with Crippen LogP contribution in [0.4, 0.5) is 5.00 Å². The van der Waals surface area contributed by atoms with Crippen LogP contribution in [-0.4, -0.2) is 42.2 Å². The molecule has 0 spiro atoms. The summed E-state index contributed by atoms with van der Waals surface area (Å²) < 4.78 is 30.8. The number of hydrogen-bond donors (Lipinski definition) is 2. The Morgan fingerprint density at radius 1 is 1.16 bits per heavy atom. The Balaban J connectivity index is 1.57. The van der Waals surface area contributed by atoms with Crippen LogP contribution in [0, 0.1) is 0 Å². The second-order valence-corrected chi connectivity index (χ2v) is 11.8.